The van der Waals surface area contributed by atoms with Crippen molar-refractivity contribution in [3.05, 3.63) is 308 Å². The fourth-order valence-corrected chi connectivity index (χ4v) is 12.5. The van der Waals surface area contributed by atoms with E-state index >= 15 is 0 Å². The number of carboxylic acid groups (broad SMARTS) is 1. The van der Waals surface area contributed by atoms with E-state index in [1.807, 2.05) is 0 Å². The van der Waals surface area contributed by atoms with Gasteiger partial charge in [0.15, 0.2) is 11.9 Å². The Bertz CT molecular complexity index is 6700. The number of aromatic nitrogens is 8. The number of hydrogen-bond donors (Lipinski definition) is 3. The third-order valence-electron chi connectivity index (χ3n) is 19.1. The van der Waals surface area contributed by atoms with E-state index in [0.29, 0.717) is 67.3 Å². The fraction of sp³-hybridized carbons (Fsp3) is 0.258. The molecule has 4 aromatic carbocycles. The van der Waals surface area contributed by atoms with E-state index in [4.69, 9.17) is 34.5 Å². The number of aliphatic carboxylic acids is 1. The van der Waals surface area contributed by atoms with Crippen molar-refractivity contribution in [2.24, 2.45) is 0 Å². The summed E-state index contributed by atoms with van der Waals surface area (Å²) in [6.07, 6.45) is 6.52. The number of carboxylic acids is 1. The number of nitrogens with two attached hydrogens (primary N) is 1. The number of methoxy groups -OCH3 is 4. The number of hydrogen-bond acceptors (Lipinski definition) is 25. The van der Waals surface area contributed by atoms with Gasteiger partial charge < -0.3 is 82.1 Å². The van der Waals surface area contributed by atoms with Gasteiger partial charge in [0.25, 0.3) is 11.1 Å². The highest BCUT2D eigenvalue weighted by Crippen LogP contribution is 2.27. The summed E-state index contributed by atoms with van der Waals surface area (Å²) in [5.74, 6) is -3.81. The minimum atomic E-state index is -1.21. The summed E-state index contributed by atoms with van der Waals surface area (Å²) >= 11 is 4.60. The highest BCUT2D eigenvalue weighted by molar-refractivity contribution is 6.61. The van der Waals surface area contributed by atoms with Crippen LogP contribution in [0.15, 0.2) is 214 Å². The third-order valence-corrected chi connectivity index (χ3v) is 19.2. The molecule has 45 heteroatoms. The molecule has 0 saturated heterocycles. The molecular formula is C89H92ClF4N15O25. The molecule has 4 amide bonds. The normalized spacial score (nSPS) is 11.2. The van der Waals surface area contributed by atoms with Crippen LogP contribution in [0.1, 0.15) is 54.0 Å². The van der Waals surface area contributed by atoms with Gasteiger partial charge in [0.1, 0.15) is 23.3 Å². The Labute approximate surface area is 762 Å². The molecule has 0 aliphatic heterocycles. The van der Waals surface area contributed by atoms with Crippen LogP contribution in [-0.2, 0) is 80.2 Å². The Morgan fingerprint density at radius 3 is 1.19 bits per heavy atom. The van der Waals surface area contributed by atoms with Crippen molar-refractivity contribution in [3.8, 4) is 0 Å². The smallest absolute Gasteiger partial charge is 0.418 e. The van der Waals surface area contributed by atoms with Crippen LogP contribution in [0.25, 0.3) is 43.6 Å². The maximum absolute atomic E-state index is 13.8. The number of allylic oxidation sites excluding steroid dienone is 2. The van der Waals surface area contributed by atoms with Crippen LogP contribution in [-0.4, -0.2) is 228 Å². The SMILES string of the molecule is CN(C)C(=O)/C=C/CC[C@H](OC(=O)N(C)C)C(=O)O.COC(=O)Cl.COC(=O)n1c(Cn2cccc(CC(=O)[C@H](CC/C=C/C(=O)N(C)C)OC(=O)N(C)C)c2=O)cc2cc(F)ccc21.COC(=O)n1c(Cn2cccc(N)c2=O)cc2cc(F)ccc21.COC(=O)n1c(Cn2cccc([N+](=O)[O-])c2=O)cc2cc(F)ccc21.O=c1c([N+](=O)[O-])cccn1Cc1cc2cc(F)ccc2[nH]1. The Hall–Kier alpha value is -16.6. The number of likely N-dealkylation sites (N-methyl/N-ethyl adjacent to an activating group) is 2. The Morgan fingerprint density at radius 2 is 0.813 bits per heavy atom. The predicted octanol–water partition coefficient (Wildman–Crippen LogP) is 11.9. The van der Waals surface area contributed by atoms with Crippen LogP contribution >= 0.6 is 11.6 Å². The number of carbonyl (C=O) groups is 10. The highest BCUT2D eigenvalue weighted by Gasteiger charge is 2.28. The quantitative estimate of drug-likeness (QED) is 0.0126. The van der Waals surface area contributed by atoms with Gasteiger partial charge in [-0.3, -0.25) is 53.8 Å². The standard InChI is InChI=1S/C29H33FN4O7.C16H12FN3O5.C16H14FN3O3.C14H10FN3O3.C12H20N2O5.C2H3ClO2/c1-31(2)26(36)11-7-6-10-25(41-28(38)32(3)4)24(35)17-19-9-8-14-33(27(19)37)18-22-16-20-15-21(30)12-13-23(20)34(22)29(39)40-5;1-25-16(22)19-12(8-10-7-11(17)4-5-13(10)19)9-18-6-2-3-14(15(18)21)20(23)24;1-23-16(22)20-12(8-10-7-11(17)4-5-14(10)20)9-19-6-2-3-13(18)15(19)21;15-10-3-4-12-9(6-10)7-11(16-12)8-17-5-1-2-13(14(17)19)18(20)21;1-13(2)10(15)8-6-5-7-9(11(16)17)19-12(18)14(3)4;1-5-2(3)4/h7-9,11-16,25H,6,10,17-18H2,1-5H3;2-8H,9H2,1H3;2-8H,9,18H2,1H3;1-7,16H,8H2;6,8-9H,5,7H2,1-4H3,(H,16,17);1H3/b11-7+;;;;8-6+;/t25-;;;;9-;/m0...0./s1. The Balaban J connectivity index is 0.000000232. The first-order chi connectivity index (χ1) is 63.4. The zero-order valence-electron chi connectivity index (χ0n) is 74.0. The van der Waals surface area contributed by atoms with Gasteiger partial charge in [-0.25, -0.2) is 64.8 Å². The second kappa shape index (κ2) is 48.7. The minimum Gasteiger partial charge on any atom is -0.479 e. The number of halogens is 5. The van der Waals surface area contributed by atoms with Gasteiger partial charge in [-0.1, -0.05) is 18.2 Å². The van der Waals surface area contributed by atoms with Crippen molar-refractivity contribution in [2.75, 3.05) is 90.6 Å². The lowest BCUT2D eigenvalue weighted by Crippen LogP contribution is -2.35. The summed E-state index contributed by atoms with van der Waals surface area (Å²) in [7, 11) is 17.2. The molecule has 708 valence electrons. The van der Waals surface area contributed by atoms with Crippen LogP contribution in [0, 0.1) is 43.5 Å². The van der Waals surface area contributed by atoms with Gasteiger partial charge in [-0.15, -0.1) is 0 Å². The van der Waals surface area contributed by atoms with Crippen LogP contribution in [0.4, 0.5) is 63.4 Å². The van der Waals surface area contributed by atoms with Crippen molar-refractivity contribution < 1.29 is 109 Å². The highest BCUT2D eigenvalue weighted by atomic mass is 35.5. The number of nitrogens with zero attached hydrogens (tertiary/aromatic N) is 13. The molecule has 0 aliphatic rings. The second-order valence-electron chi connectivity index (χ2n) is 29.4. The van der Waals surface area contributed by atoms with Crippen molar-refractivity contribution in [1.82, 2.24) is 56.6 Å². The topological polar surface area (TPSA) is 490 Å². The molecule has 8 aromatic heterocycles. The van der Waals surface area contributed by atoms with Crippen molar-refractivity contribution in [2.45, 2.75) is 70.5 Å². The number of carbonyl (C=O) groups excluding carboxylic acids is 9. The number of aromatic amines is 1. The summed E-state index contributed by atoms with van der Waals surface area (Å²) in [6, 6.07) is 34.0. The number of Topliss-reactive ketones (excluding diaryl/α,β-unsaturated/α-hetero) is 1. The zero-order valence-corrected chi connectivity index (χ0v) is 74.8. The monoisotopic (exact) mass is 1880 g/mol. The number of H-pyrrole nitrogens is 1. The number of rotatable bonds is 24. The number of ether oxygens (including phenoxy) is 6. The number of fused-ring (bicyclic) bond motifs is 4. The number of nitrogen functional groups attached to an aromatic ring is 1. The number of ketones is 1. The summed E-state index contributed by atoms with van der Waals surface area (Å²) in [4.78, 5) is 194. The summed E-state index contributed by atoms with van der Waals surface area (Å²) < 4.78 is 91.0. The fourth-order valence-electron chi connectivity index (χ4n) is 12.5. The number of anilines is 1. The average Bonchev–Trinajstić information content (AvgIpc) is 1.64. The maximum atomic E-state index is 13.8. The first-order valence-electron chi connectivity index (χ1n) is 39.7. The molecule has 0 bridgehead atoms. The molecular weight excluding hydrogens is 1790 g/mol. The van der Waals surface area contributed by atoms with Crippen molar-refractivity contribution in [1.29, 1.82) is 0 Å². The van der Waals surface area contributed by atoms with E-state index in [0.717, 1.165) is 21.1 Å². The van der Waals surface area contributed by atoms with Gasteiger partial charge in [-0.2, -0.15) is 0 Å². The Kier molecular flexibility index (Phi) is 38.0. The van der Waals surface area contributed by atoms with Crippen molar-refractivity contribution in [3.63, 3.8) is 0 Å². The van der Waals surface area contributed by atoms with Crippen LogP contribution in [0.2, 0.25) is 0 Å². The van der Waals surface area contributed by atoms with E-state index in [2.05, 4.69) is 21.3 Å². The number of benzene rings is 4. The molecule has 12 rings (SSSR count). The predicted molar refractivity (Wildman–Crippen MR) is 481 cm³/mol. The number of nitrogens with one attached hydrogen (secondary N) is 1. The molecule has 40 nitrogen and oxygen atoms in total. The Morgan fingerprint density at radius 1 is 0.463 bits per heavy atom. The molecule has 0 radical (unpaired) electrons. The molecule has 0 fully saturated rings. The second-order valence-corrected chi connectivity index (χ2v) is 29.7. The molecule has 2 atom stereocenters. The lowest BCUT2D eigenvalue weighted by atomic mass is 10.0. The molecule has 134 heavy (non-hydrogen) atoms. The van der Waals surface area contributed by atoms with Gasteiger partial charge in [0.2, 0.25) is 17.9 Å². The molecule has 8 heterocycles. The van der Waals surface area contributed by atoms with E-state index in [1.165, 1.54) is 233 Å². The molecule has 12 aromatic rings. The maximum Gasteiger partial charge on any atom is 0.418 e. The van der Waals surface area contributed by atoms with Gasteiger partial charge in [0.05, 0.1) is 92.4 Å². The summed E-state index contributed by atoms with van der Waals surface area (Å²) in [5, 5.41) is 32.7. The van der Waals surface area contributed by atoms with E-state index in [1.54, 1.807) is 82.9 Å². The molecule has 4 N–H and O–H groups in total. The van der Waals surface area contributed by atoms with Crippen LogP contribution in [0.5, 0.6) is 0 Å². The van der Waals surface area contributed by atoms with Crippen LogP contribution in [0.3, 0.4) is 0 Å². The lowest BCUT2D eigenvalue weighted by Gasteiger charge is -2.19. The molecule has 0 spiro atoms. The molecule has 0 saturated carbocycles. The zero-order chi connectivity index (χ0) is 99.2. The minimum absolute atomic E-state index is 0.0595. The van der Waals surface area contributed by atoms with Crippen LogP contribution < -0.4 is 28.0 Å². The average molecular weight is 1880 g/mol. The molecule has 0 aliphatic carbocycles. The summed E-state index contributed by atoms with van der Waals surface area (Å²) in [5.41, 5.74) is 5.66. The number of pyridine rings is 4. The van der Waals surface area contributed by atoms with E-state index < -0.39 is 115 Å². The lowest BCUT2D eigenvalue weighted by molar-refractivity contribution is -0.386. The first-order valence-corrected chi connectivity index (χ1v) is 40.0. The van der Waals surface area contributed by atoms with Gasteiger partial charge in [-0.05, 0) is 165 Å². The largest absolute Gasteiger partial charge is 0.479 e. The van der Waals surface area contributed by atoms with E-state index in [-0.39, 0.29) is 86.3 Å². The van der Waals surface area contributed by atoms with Crippen molar-refractivity contribution >= 4 is 132 Å². The van der Waals surface area contributed by atoms with E-state index in [9.17, 15) is 105 Å². The number of nitro groups is 2. The molecule has 0 unspecified atom stereocenters. The van der Waals surface area contributed by atoms with Gasteiger partial charge >= 0.3 is 64.4 Å². The number of amides is 4. The third kappa shape index (κ3) is 28.7. The first kappa shape index (κ1) is 104. The van der Waals surface area contributed by atoms with Gasteiger partial charge in [0, 0.05) is 161 Å². The summed E-state index contributed by atoms with van der Waals surface area (Å²) in [6.45, 7) is 0.0774.